The number of rotatable bonds is 9. The lowest BCUT2D eigenvalue weighted by Crippen LogP contribution is -2.25. The van der Waals surface area contributed by atoms with Crippen LogP contribution >= 0.6 is 0 Å². The van der Waals surface area contributed by atoms with Crippen molar-refractivity contribution < 1.29 is 4.79 Å². The van der Waals surface area contributed by atoms with Crippen LogP contribution in [0.25, 0.3) is 0 Å². The van der Waals surface area contributed by atoms with E-state index in [4.69, 9.17) is 5.73 Å². The van der Waals surface area contributed by atoms with Gasteiger partial charge in [0.05, 0.1) is 0 Å². The van der Waals surface area contributed by atoms with Gasteiger partial charge in [-0.2, -0.15) is 0 Å². The second-order valence-corrected chi connectivity index (χ2v) is 8.82. The number of primary amides is 1. The van der Waals surface area contributed by atoms with Crippen molar-refractivity contribution >= 4 is 5.91 Å². The molecule has 0 saturated carbocycles. The second-order valence-electron chi connectivity index (χ2n) is 8.82. The minimum Gasteiger partial charge on any atom is -0.370 e. The molecule has 3 aromatic rings. The van der Waals surface area contributed by atoms with Crippen molar-refractivity contribution in [2.75, 3.05) is 0 Å². The van der Waals surface area contributed by atoms with E-state index < -0.39 is 0 Å². The molecule has 0 aliphatic heterocycles. The average Bonchev–Trinajstić information content (AvgIpc) is 2.72. The number of aromatic nitrogens is 1. The van der Waals surface area contributed by atoms with Gasteiger partial charge in [0.25, 0.3) is 0 Å². The summed E-state index contributed by atoms with van der Waals surface area (Å²) in [6, 6.07) is 17.0. The first-order valence-electron chi connectivity index (χ1n) is 11.1. The van der Waals surface area contributed by atoms with E-state index in [-0.39, 0.29) is 17.7 Å². The van der Waals surface area contributed by atoms with Crippen molar-refractivity contribution in [1.29, 1.82) is 0 Å². The van der Waals surface area contributed by atoms with Crippen LogP contribution in [0.1, 0.15) is 57.7 Å². The fraction of sp³-hybridized carbons (Fsp3) is 0.357. The van der Waals surface area contributed by atoms with Crippen LogP contribution in [0.15, 0.2) is 60.9 Å². The Morgan fingerprint density at radius 3 is 2.06 bits per heavy atom. The first kappa shape index (κ1) is 22.7. The van der Waals surface area contributed by atoms with Gasteiger partial charge in [-0.1, -0.05) is 42.5 Å². The minimum atomic E-state index is -0.228. The Kier molecular flexibility index (Phi) is 7.62. The zero-order valence-corrected chi connectivity index (χ0v) is 19.2. The van der Waals surface area contributed by atoms with E-state index in [1.54, 1.807) is 6.20 Å². The molecular formula is C28H34N2O. The molecule has 31 heavy (non-hydrogen) atoms. The number of aryl methyl sites for hydroxylation is 4. The summed E-state index contributed by atoms with van der Waals surface area (Å²) in [6.45, 7) is 8.69. The smallest absolute Gasteiger partial charge is 0.217 e. The van der Waals surface area contributed by atoms with Gasteiger partial charge in [0, 0.05) is 18.8 Å². The molecule has 1 amide bonds. The van der Waals surface area contributed by atoms with Crippen LogP contribution in [0, 0.1) is 33.6 Å². The number of carbonyl (C=O) groups excluding carboxylic acids is 1. The largest absolute Gasteiger partial charge is 0.370 e. The van der Waals surface area contributed by atoms with E-state index in [0.717, 1.165) is 19.3 Å². The van der Waals surface area contributed by atoms with Gasteiger partial charge in [0.2, 0.25) is 5.91 Å². The summed E-state index contributed by atoms with van der Waals surface area (Å²) in [6.07, 6.45) is 6.86. The van der Waals surface area contributed by atoms with Gasteiger partial charge >= 0.3 is 0 Å². The predicted molar refractivity (Wildman–Crippen MR) is 128 cm³/mol. The fourth-order valence-corrected chi connectivity index (χ4v) is 4.97. The lowest BCUT2D eigenvalue weighted by Gasteiger charge is -2.30. The molecule has 2 unspecified atom stereocenters. The molecule has 0 aliphatic carbocycles. The highest BCUT2D eigenvalue weighted by atomic mass is 16.1. The lowest BCUT2D eigenvalue weighted by molar-refractivity contribution is -0.119. The molecule has 3 nitrogen and oxygen atoms in total. The highest BCUT2D eigenvalue weighted by Crippen LogP contribution is 2.37. The Hall–Kier alpha value is -2.94. The first-order chi connectivity index (χ1) is 14.9. The zero-order chi connectivity index (χ0) is 22.4. The summed E-state index contributed by atoms with van der Waals surface area (Å²) in [5.41, 5.74) is 14.9. The molecule has 1 aromatic heterocycles. The summed E-state index contributed by atoms with van der Waals surface area (Å²) in [7, 11) is 0. The third kappa shape index (κ3) is 5.81. The summed E-state index contributed by atoms with van der Waals surface area (Å²) < 4.78 is 0. The molecule has 0 fully saturated rings. The van der Waals surface area contributed by atoms with Crippen LogP contribution in [0.4, 0.5) is 0 Å². The molecule has 0 bridgehead atoms. The zero-order valence-electron chi connectivity index (χ0n) is 19.2. The van der Waals surface area contributed by atoms with Crippen molar-refractivity contribution in [2.24, 2.45) is 11.7 Å². The normalized spacial score (nSPS) is 13.0. The standard InChI is InChI=1S/C28H34N2O/c1-19-8-5-9-20(2)25(19)14-13-24(17-27(29)31)26(16-23-12-7-15-30-18-23)28-21(3)10-6-11-22(28)4/h5-12,15,18,24,26H,13-14,16-17H2,1-4H3,(H2,29,31). The Bertz CT molecular complexity index is 986. The number of nitrogens with zero attached hydrogens (tertiary/aromatic N) is 1. The van der Waals surface area contributed by atoms with E-state index in [2.05, 4.69) is 75.1 Å². The Morgan fingerprint density at radius 1 is 0.903 bits per heavy atom. The van der Waals surface area contributed by atoms with Gasteiger partial charge in [-0.05, 0) is 104 Å². The van der Waals surface area contributed by atoms with Crippen LogP contribution < -0.4 is 5.73 Å². The molecular weight excluding hydrogens is 380 g/mol. The molecule has 2 N–H and O–H groups in total. The number of hydrogen-bond donors (Lipinski definition) is 1. The first-order valence-corrected chi connectivity index (χ1v) is 11.1. The van der Waals surface area contributed by atoms with Crippen molar-refractivity contribution in [3.8, 4) is 0 Å². The third-order valence-electron chi connectivity index (χ3n) is 6.53. The maximum absolute atomic E-state index is 12.1. The van der Waals surface area contributed by atoms with Gasteiger partial charge < -0.3 is 5.73 Å². The van der Waals surface area contributed by atoms with E-state index in [9.17, 15) is 4.79 Å². The molecule has 0 aliphatic rings. The fourth-order valence-electron chi connectivity index (χ4n) is 4.97. The van der Waals surface area contributed by atoms with Crippen molar-refractivity contribution in [3.05, 3.63) is 99.9 Å². The Morgan fingerprint density at radius 2 is 1.52 bits per heavy atom. The van der Waals surface area contributed by atoms with Gasteiger partial charge in [0.1, 0.15) is 0 Å². The van der Waals surface area contributed by atoms with Crippen LogP contribution in [0.3, 0.4) is 0 Å². The van der Waals surface area contributed by atoms with Gasteiger partial charge in [-0.15, -0.1) is 0 Å². The van der Waals surface area contributed by atoms with Gasteiger partial charge in [-0.25, -0.2) is 0 Å². The minimum absolute atomic E-state index is 0.163. The number of benzene rings is 2. The summed E-state index contributed by atoms with van der Waals surface area (Å²) in [4.78, 5) is 16.4. The maximum atomic E-state index is 12.1. The molecule has 3 heteroatoms. The highest BCUT2D eigenvalue weighted by molar-refractivity contribution is 5.74. The van der Waals surface area contributed by atoms with E-state index in [1.807, 2.05) is 12.3 Å². The molecule has 162 valence electrons. The number of amides is 1. The van der Waals surface area contributed by atoms with Crippen LogP contribution in [-0.2, 0) is 17.6 Å². The quantitative estimate of drug-likeness (QED) is 0.483. The molecule has 1 heterocycles. The lowest BCUT2D eigenvalue weighted by atomic mass is 9.74. The molecule has 2 atom stereocenters. The summed E-state index contributed by atoms with van der Waals surface area (Å²) in [5, 5.41) is 0. The predicted octanol–water partition coefficient (Wildman–Crippen LogP) is 5.77. The molecule has 2 aromatic carbocycles. The second kappa shape index (κ2) is 10.4. The topological polar surface area (TPSA) is 56.0 Å². The summed E-state index contributed by atoms with van der Waals surface area (Å²) in [5.74, 6) is 0.146. The van der Waals surface area contributed by atoms with Crippen LogP contribution in [-0.4, -0.2) is 10.9 Å². The highest BCUT2D eigenvalue weighted by Gasteiger charge is 2.28. The third-order valence-corrected chi connectivity index (χ3v) is 6.53. The molecule has 0 radical (unpaired) electrons. The molecule has 0 saturated heterocycles. The number of pyridine rings is 1. The average molecular weight is 415 g/mol. The monoisotopic (exact) mass is 414 g/mol. The molecule has 3 rings (SSSR count). The van der Waals surface area contributed by atoms with Crippen molar-refractivity contribution in [3.63, 3.8) is 0 Å². The van der Waals surface area contributed by atoms with Crippen molar-refractivity contribution in [1.82, 2.24) is 4.98 Å². The molecule has 0 spiro atoms. The maximum Gasteiger partial charge on any atom is 0.217 e. The van der Waals surface area contributed by atoms with Gasteiger partial charge in [-0.3, -0.25) is 9.78 Å². The van der Waals surface area contributed by atoms with E-state index in [0.29, 0.717) is 6.42 Å². The number of hydrogen-bond acceptors (Lipinski definition) is 2. The Balaban J connectivity index is 1.99. The van der Waals surface area contributed by atoms with Crippen molar-refractivity contribution in [2.45, 2.75) is 59.3 Å². The van der Waals surface area contributed by atoms with Crippen LogP contribution in [0.5, 0.6) is 0 Å². The van der Waals surface area contributed by atoms with E-state index in [1.165, 1.54) is 38.9 Å². The SMILES string of the molecule is Cc1cccc(C)c1CCC(CC(N)=O)C(Cc1cccnc1)c1c(C)cccc1C. The Labute approximate surface area is 186 Å². The number of carbonyl (C=O) groups is 1. The van der Waals surface area contributed by atoms with Crippen LogP contribution in [0.2, 0.25) is 0 Å². The van der Waals surface area contributed by atoms with Gasteiger partial charge in [0.15, 0.2) is 0 Å². The number of nitrogens with two attached hydrogens (primary N) is 1. The van der Waals surface area contributed by atoms with E-state index >= 15 is 0 Å². The summed E-state index contributed by atoms with van der Waals surface area (Å²) >= 11 is 0.